The molecule has 0 radical (unpaired) electrons. The molecular formula is C18H16N2O3. The summed E-state index contributed by atoms with van der Waals surface area (Å²) in [5.74, 6) is 1.24. The molecule has 0 atom stereocenters. The van der Waals surface area contributed by atoms with Crippen molar-refractivity contribution in [3.05, 3.63) is 72.8 Å². The van der Waals surface area contributed by atoms with E-state index >= 15 is 0 Å². The van der Waals surface area contributed by atoms with Crippen molar-refractivity contribution in [2.24, 2.45) is 0 Å². The van der Waals surface area contributed by atoms with E-state index in [-0.39, 0.29) is 12.5 Å². The highest BCUT2D eigenvalue weighted by Crippen LogP contribution is 2.19. The van der Waals surface area contributed by atoms with Gasteiger partial charge in [-0.05, 0) is 35.9 Å². The summed E-state index contributed by atoms with van der Waals surface area (Å²) < 4.78 is 10.7. The zero-order valence-electron chi connectivity index (χ0n) is 12.4. The Hall–Kier alpha value is -3.08. The van der Waals surface area contributed by atoms with Gasteiger partial charge in [-0.2, -0.15) is 0 Å². The van der Waals surface area contributed by atoms with Crippen LogP contribution in [0, 0.1) is 0 Å². The molecule has 5 nitrogen and oxygen atoms in total. The van der Waals surface area contributed by atoms with E-state index in [1.165, 1.54) is 0 Å². The number of rotatable bonds is 6. The molecule has 2 aromatic heterocycles. The molecule has 116 valence electrons. The summed E-state index contributed by atoms with van der Waals surface area (Å²) in [7, 11) is 0. The van der Waals surface area contributed by atoms with Gasteiger partial charge < -0.3 is 14.5 Å². The Labute approximate surface area is 133 Å². The lowest BCUT2D eigenvalue weighted by molar-refractivity contribution is -0.123. The predicted octanol–water partition coefficient (Wildman–Crippen LogP) is 3.04. The molecule has 5 heteroatoms. The number of hydrogen-bond acceptors (Lipinski definition) is 4. The van der Waals surface area contributed by atoms with Crippen molar-refractivity contribution >= 4 is 5.91 Å². The first-order valence-corrected chi connectivity index (χ1v) is 7.23. The Balaban J connectivity index is 1.52. The van der Waals surface area contributed by atoms with Crippen molar-refractivity contribution in [1.82, 2.24) is 10.3 Å². The van der Waals surface area contributed by atoms with E-state index in [0.29, 0.717) is 12.3 Å². The Kier molecular flexibility index (Phi) is 4.69. The van der Waals surface area contributed by atoms with Gasteiger partial charge in [0.25, 0.3) is 5.91 Å². The summed E-state index contributed by atoms with van der Waals surface area (Å²) in [5, 5.41) is 2.81. The van der Waals surface area contributed by atoms with Crippen LogP contribution in [-0.2, 0) is 11.3 Å². The Morgan fingerprint density at radius 3 is 2.78 bits per heavy atom. The van der Waals surface area contributed by atoms with E-state index in [0.717, 1.165) is 16.9 Å². The number of amides is 1. The quantitative estimate of drug-likeness (QED) is 0.760. The third-order valence-electron chi connectivity index (χ3n) is 3.20. The number of carbonyl (C=O) groups is 1. The van der Waals surface area contributed by atoms with Crippen LogP contribution in [0.4, 0.5) is 0 Å². The lowest BCUT2D eigenvalue weighted by Crippen LogP contribution is -2.28. The molecule has 0 bridgehead atoms. The summed E-state index contributed by atoms with van der Waals surface area (Å²) >= 11 is 0. The molecule has 1 aromatic carbocycles. The maximum atomic E-state index is 11.8. The summed E-state index contributed by atoms with van der Waals surface area (Å²) in [6.45, 7) is 0.369. The van der Waals surface area contributed by atoms with Crippen LogP contribution in [0.1, 0.15) is 5.56 Å². The highest BCUT2D eigenvalue weighted by atomic mass is 16.5. The van der Waals surface area contributed by atoms with E-state index in [1.54, 1.807) is 18.7 Å². The highest BCUT2D eigenvalue weighted by molar-refractivity contribution is 5.77. The number of pyridine rings is 1. The molecule has 23 heavy (non-hydrogen) atoms. The number of benzene rings is 1. The average Bonchev–Trinajstić information content (AvgIpc) is 3.14. The van der Waals surface area contributed by atoms with E-state index in [9.17, 15) is 4.79 Å². The predicted molar refractivity (Wildman–Crippen MR) is 85.7 cm³/mol. The molecule has 0 aliphatic carbocycles. The average molecular weight is 308 g/mol. The van der Waals surface area contributed by atoms with Crippen LogP contribution in [0.5, 0.6) is 5.75 Å². The summed E-state index contributed by atoms with van der Waals surface area (Å²) in [5.41, 5.74) is 1.77. The minimum absolute atomic E-state index is 0.0185. The van der Waals surface area contributed by atoms with Gasteiger partial charge in [0.2, 0.25) is 0 Å². The van der Waals surface area contributed by atoms with Crippen molar-refractivity contribution in [2.75, 3.05) is 6.61 Å². The topological polar surface area (TPSA) is 64.4 Å². The number of nitrogens with one attached hydrogen (secondary N) is 1. The highest BCUT2D eigenvalue weighted by Gasteiger charge is 2.05. The molecule has 0 aliphatic heterocycles. The molecule has 1 N–H and O–H groups in total. The van der Waals surface area contributed by atoms with Crippen LogP contribution in [-0.4, -0.2) is 17.5 Å². The molecule has 0 saturated carbocycles. The van der Waals surface area contributed by atoms with Crippen molar-refractivity contribution < 1.29 is 13.9 Å². The fraction of sp³-hybridized carbons (Fsp3) is 0.111. The normalized spacial score (nSPS) is 10.3. The molecule has 0 spiro atoms. The van der Waals surface area contributed by atoms with E-state index in [1.807, 2.05) is 48.5 Å². The SMILES string of the molecule is O=C(COc1ccccc1)NCc1cncc(-c2ccco2)c1. The fourth-order valence-electron chi connectivity index (χ4n) is 2.08. The largest absolute Gasteiger partial charge is 0.484 e. The van der Waals surface area contributed by atoms with Crippen LogP contribution >= 0.6 is 0 Å². The third kappa shape index (κ3) is 4.20. The molecule has 0 aliphatic rings. The standard InChI is InChI=1S/C18H16N2O3/c21-18(13-23-16-5-2-1-3-6-16)20-11-14-9-15(12-19-10-14)17-7-4-8-22-17/h1-10,12H,11,13H2,(H,20,21). The Bertz CT molecular complexity index is 755. The minimum atomic E-state index is -0.183. The molecule has 0 unspecified atom stereocenters. The van der Waals surface area contributed by atoms with Gasteiger partial charge in [0.15, 0.2) is 6.61 Å². The van der Waals surface area contributed by atoms with Crippen LogP contribution in [0.3, 0.4) is 0 Å². The maximum absolute atomic E-state index is 11.8. The molecule has 2 heterocycles. The van der Waals surface area contributed by atoms with Gasteiger partial charge in [-0.25, -0.2) is 0 Å². The van der Waals surface area contributed by atoms with Crippen LogP contribution in [0.15, 0.2) is 71.6 Å². The number of carbonyl (C=O) groups excluding carboxylic acids is 1. The number of aromatic nitrogens is 1. The number of para-hydroxylation sites is 1. The van der Waals surface area contributed by atoms with Gasteiger partial charge >= 0.3 is 0 Å². The number of hydrogen-bond donors (Lipinski definition) is 1. The second-order valence-corrected chi connectivity index (χ2v) is 4.94. The smallest absolute Gasteiger partial charge is 0.258 e. The van der Waals surface area contributed by atoms with Gasteiger partial charge in [0, 0.05) is 24.5 Å². The molecular weight excluding hydrogens is 292 g/mol. The van der Waals surface area contributed by atoms with Crippen LogP contribution < -0.4 is 10.1 Å². The van der Waals surface area contributed by atoms with Crippen LogP contribution in [0.25, 0.3) is 11.3 Å². The first kappa shape index (κ1) is 14.8. The second kappa shape index (κ2) is 7.26. The number of furan rings is 1. The summed E-state index contributed by atoms with van der Waals surface area (Å²) in [6.07, 6.45) is 5.05. The maximum Gasteiger partial charge on any atom is 0.258 e. The lowest BCUT2D eigenvalue weighted by Gasteiger charge is -2.08. The number of ether oxygens (including phenoxy) is 1. The Morgan fingerprint density at radius 1 is 1.13 bits per heavy atom. The monoisotopic (exact) mass is 308 g/mol. The van der Waals surface area contributed by atoms with E-state index in [2.05, 4.69) is 10.3 Å². The molecule has 0 saturated heterocycles. The van der Waals surface area contributed by atoms with Crippen molar-refractivity contribution in [3.63, 3.8) is 0 Å². The Morgan fingerprint density at radius 2 is 2.00 bits per heavy atom. The zero-order chi connectivity index (χ0) is 15.9. The van der Waals surface area contributed by atoms with Crippen molar-refractivity contribution in [2.45, 2.75) is 6.54 Å². The van der Waals surface area contributed by atoms with Gasteiger partial charge in [-0.1, -0.05) is 18.2 Å². The fourth-order valence-corrected chi connectivity index (χ4v) is 2.08. The van der Waals surface area contributed by atoms with E-state index in [4.69, 9.17) is 9.15 Å². The summed E-state index contributed by atoms with van der Waals surface area (Å²) in [4.78, 5) is 16.0. The first-order chi connectivity index (χ1) is 11.3. The minimum Gasteiger partial charge on any atom is -0.484 e. The second-order valence-electron chi connectivity index (χ2n) is 4.94. The number of nitrogens with zero attached hydrogens (tertiary/aromatic N) is 1. The van der Waals surface area contributed by atoms with Gasteiger partial charge in [-0.3, -0.25) is 9.78 Å². The van der Waals surface area contributed by atoms with Gasteiger partial charge in [-0.15, -0.1) is 0 Å². The first-order valence-electron chi connectivity index (χ1n) is 7.23. The van der Waals surface area contributed by atoms with Gasteiger partial charge in [0.05, 0.1) is 6.26 Å². The third-order valence-corrected chi connectivity index (χ3v) is 3.20. The lowest BCUT2D eigenvalue weighted by atomic mass is 10.1. The molecule has 0 fully saturated rings. The van der Waals surface area contributed by atoms with Crippen molar-refractivity contribution in [3.8, 4) is 17.1 Å². The molecule has 3 aromatic rings. The van der Waals surface area contributed by atoms with Crippen molar-refractivity contribution in [1.29, 1.82) is 0 Å². The van der Waals surface area contributed by atoms with Gasteiger partial charge in [0.1, 0.15) is 11.5 Å². The molecule has 3 rings (SSSR count). The van der Waals surface area contributed by atoms with E-state index < -0.39 is 0 Å². The molecule has 1 amide bonds. The van der Waals surface area contributed by atoms with Crippen LogP contribution in [0.2, 0.25) is 0 Å². The summed E-state index contributed by atoms with van der Waals surface area (Å²) in [6, 6.07) is 14.9. The zero-order valence-corrected chi connectivity index (χ0v) is 12.4.